The van der Waals surface area contributed by atoms with Gasteiger partial charge in [0.15, 0.2) is 0 Å². The first kappa shape index (κ1) is 18.9. The zero-order valence-corrected chi connectivity index (χ0v) is 17.3. The van der Waals surface area contributed by atoms with Gasteiger partial charge in [-0.1, -0.05) is 42.8 Å². The standard InChI is InChI=1S/C26H31NO2/c1-29-26(28)21-10-8-19(9-11-21)23-4-2-3-5-24(23)20-12-14-27(15-13-20)25-17-18-6-7-22(25)16-18/h2-5,8-11,18,20,22,25H,6-7,12-17H2,1H3/t18-,22?,25-/m0/s1. The molecular weight excluding hydrogens is 358 g/mol. The molecule has 0 spiro atoms. The highest BCUT2D eigenvalue weighted by Crippen LogP contribution is 2.48. The molecule has 2 bridgehead atoms. The van der Waals surface area contributed by atoms with Gasteiger partial charge in [-0.15, -0.1) is 0 Å². The van der Waals surface area contributed by atoms with Gasteiger partial charge in [0.05, 0.1) is 12.7 Å². The molecule has 0 amide bonds. The first-order valence-electron chi connectivity index (χ1n) is 11.2. The second-order valence-corrected chi connectivity index (χ2v) is 9.21. The Kier molecular flexibility index (Phi) is 5.17. The summed E-state index contributed by atoms with van der Waals surface area (Å²) in [5.74, 6) is 2.35. The molecule has 2 aromatic carbocycles. The fourth-order valence-electron chi connectivity index (χ4n) is 6.22. The molecule has 152 valence electrons. The second kappa shape index (κ2) is 7.95. The number of hydrogen-bond donors (Lipinski definition) is 0. The third-order valence-corrected chi connectivity index (χ3v) is 7.72. The van der Waals surface area contributed by atoms with E-state index in [1.165, 1.54) is 75.4 Å². The van der Waals surface area contributed by atoms with Crippen LogP contribution in [0.3, 0.4) is 0 Å². The Hall–Kier alpha value is -2.13. The molecule has 1 heterocycles. The van der Waals surface area contributed by atoms with Crippen molar-refractivity contribution in [1.29, 1.82) is 0 Å². The molecule has 0 radical (unpaired) electrons. The molecule has 29 heavy (non-hydrogen) atoms. The highest BCUT2D eigenvalue weighted by molar-refractivity contribution is 5.90. The van der Waals surface area contributed by atoms with Crippen molar-refractivity contribution >= 4 is 5.97 Å². The van der Waals surface area contributed by atoms with Crippen LogP contribution in [0.1, 0.15) is 60.4 Å². The van der Waals surface area contributed by atoms with Crippen molar-refractivity contribution in [3.63, 3.8) is 0 Å². The van der Waals surface area contributed by atoms with Gasteiger partial charge < -0.3 is 9.64 Å². The molecule has 3 atom stereocenters. The number of hydrogen-bond acceptors (Lipinski definition) is 3. The zero-order valence-electron chi connectivity index (χ0n) is 17.3. The Labute approximate surface area is 174 Å². The Morgan fingerprint density at radius 2 is 1.69 bits per heavy atom. The van der Waals surface area contributed by atoms with Gasteiger partial charge in [-0.3, -0.25) is 0 Å². The predicted octanol–water partition coefficient (Wildman–Crippen LogP) is 5.51. The lowest BCUT2D eigenvalue weighted by molar-refractivity contribution is 0.0601. The number of ether oxygens (including phenoxy) is 1. The number of nitrogens with zero attached hydrogens (tertiary/aromatic N) is 1. The summed E-state index contributed by atoms with van der Waals surface area (Å²) >= 11 is 0. The molecule has 5 rings (SSSR count). The molecule has 2 aromatic rings. The summed E-state index contributed by atoms with van der Waals surface area (Å²) in [6, 6.07) is 17.5. The Morgan fingerprint density at radius 1 is 0.931 bits per heavy atom. The van der Waals surface area contributed by atoms with Gasteiger partial charge in [0.1, 0.15) is 0 Å². The van der Waals surface area contributed by atoms with E-state index in [0.29, 0.717) is 11.5 Å². The maximum Gasteiger partial charge on any atom is 0.337 e. The molecule has 2 aliphatic carbocycles. The minimum Gasteiger partial charge on any atom is -0.465 e. The molecule has 1 unspecified atom stereocenters. The van der Waals surface area contributed by atoms with Crippen molar-refractivity contribution in [2.24, 2.45) is 11.8 Å². The van der Waals surface area contributed by atoms with E-state index in [0.717, 1.165) is 17.9 Å². The van der Waals surface area contributed by atoms with E-state index in [1.54, 1.807) is 0 Å². The first-order chi connectivity index (χ1) is 14.2. The summed E-state index contributed by atoms with van der Waals surface area (Å²) in [6.07, 6.45) is 8.42. The monoisotopic (exact) mass is 389 g/mol. The summed E-state index contributed by atoms with van der Waals surface area (Å²) < 4.78 is 4.83. The lowest BCUT2D eigenvalue weighted by Gasteiger charge is -2.40. The largest absolute Gasteiger partial charge is 0.465 e. The summed E-state index contributed by atoms with van der Waals surface area (Å²) in [7, 11) is 1.43. The number of esters is 1. The SMILES string of the molecule is COC(=O)c1ccc(-c2ccccc2C2CCN([C@H]3C[C@H]4CCC3C4)CC2)cc1. The van der Waals surface area contributed by atoms with Crippen molar-refractivity contribution in [2.75, 3.05) is 20.2 Å². The van der Waals surface area contributed by atoms with E-state index in [-0.39, 0.29) is 5.97 Å². The number of carbonyl (C=O) groups excluding carboxylic acids is 1. The van der Waals surface area contributed by atoms with E-state index in [4.69, 9.17) is 4.74 Å². The quantitative estimate of drug-likeness (QED) is 0.646. The van der Waals surface area contributed by atoms with Crippen LogP contribution in [0.2, 0.25) is 0 Å². The fourth-order valence-corrected chi connectivity index (χ4v) is 6.22. The van der Waals surface area contributed by atoms with Gasteiger partial charge in [-0.05, 0) is 91.8 Å². The number of fused-ring (bicyclic) bond motifs is 2. The van der Waals surface area contributed by atoms with Crippen LogP contribution in [0.25, 0.3) is 11.1 Å². The molecule has 3 aliphatic rings. The third-order valence-electron chi connectivity index (χ3n) is 7.72. The number of piperidine rings is 1. The molecule has 3 nitrogen and oxygen atoms in total. The maximum absolute atomic E-state index is 11.7. The van der Waals surface area contributed by atoms with Crippen LogP contribution in [0.15, 0.2) is 48.5 Å². The van der Waals surface area contributed by atoms with Crippen LogP contribution in [0.5, 0.6) is 0 Å². The van der Waals surface area contributed by atoms with Crippen LogP contribution in [0.4, 0.5) is 0 Å². The van der Waals surface area contributed by atoms with Gasteiger partial charge in [0, 0.05) is 6.04 Å². The number of likely N-dealkylation sites (tertiary alicyclic amines) is 1. The molecule has 1 aliphatic heterocycles. The van der Waals surface area contributed by atoms with Gasteiger partial charge >= 0.3 is 5.97 Å². The molecule has 0 N–H and O–H groups in total. The molecular formula is C26H31NO2. The molecule has 3 fully saturated rings. The smallest absolute Gasteiger partial charge is 0.337 e. The van der Waals surface area contributed by atoms with E-state index in [9.17, 15) is 4.79 Å². The lowest BCUT2D eigenvalue weighted by atomic mass is 9.83. The topological polar surface area (TPSA) is 29.5 Å². The summed E-state index contributed by atoms with van der Waals surface area (Å²) in [6.45, 7) is 2.49. The Bertz CT molecular complexity index is 867. The molecule has 3 heteroatoms. The van der Waals surface area contributed by atoms with E-state index >= 15 is 0 Å². The summed E-state index contributed by atoms with van der Waals surface area (Å²) in [5.41, 5.74) is 4.56. The first-order valence-corrected chi connectivity index (χ1v) is 11.2. The average molecular weight is 390 g/mol. The number of benzene rings is 2. The third kappa shape index (κ3) is 3.61. The van der Waals surface area contributed by atoms with Gasteiger partial charge in [0.2, 0.25) is 0 Å². The average Bonchev–Trinajstić information content (AvgIpc) is 3.43. The van der Waals surface area contributed by atoms with Crippen LogP contribution in [0, 0.1) is 11.8 Å². The van der Waals surface area contributed by atoms with E-state index < -0.39 is 0 Å². The molecule has 1 saturated heterocycles. The molecule has 0 aromatic heterocycles. The highest BCUT2D eigenvalue weighted by atomic mass is 16.5. The molecule has 2 saturated carbocycles. The highest BCUT2D eigenvalue weighted by Gasteiger charge is 2.42. The summed E-state index contributed by atoms with van der Waals surface area (Å²) in [5, 5.41) is 0. The van der Waals surface area contributed by atoms with Gasteiger partial charge in [-0.2, -0.15) is 0 Å². The predicted molar refractivity (Wildman–Crippen MR) is 116 cm³/mol. The minimum absolute atomic E-state index is 0.280. The number of carbonyl (C=O) groups is 1. The van der Waals surface area contributed by atoms with Crippen LogP contribution < -0.4 is 0 Å². The number of rotatable bonds is 4. The van der Waals surface area contributed by atoms with E-state index in [1.807, 2.05) is 12.1 Å². The van der Waals surface area contributed by atoms with Crippen molar-refractivity contribution in [1.82, 2.24) is 4.90 Å². The van der Waals surface area contributed by atoms with Crippen LogP contribution in [-0.4, -0.2) is 37.1 Å². The number of methoxy groups -OCH3 is 1. The van der Waals surface area contributed by atoms with Gasteiger partial charge in [0.25, 0.3) is 0 Å². The Morgan fingerprint density at radius 3 is 2.34 bits per heavy atom. The van der Waals surface area contributed by atoms with E-state index in [2.05, 4.69) is 41.3 Å². The Balaban J connectivity index is 1.30. The van der Waals surface area contributed by atoms with Crippen LogP contribution in [-0.2, 0) is 4.74 Å². The maximum atomic E-state index is 11.7. The zero-order chi connectivity index (χ0) is 19.8. The van der Waals surface area contributed by atoms with Crippen molar-refractivity contribution in [3.05, 3.63) is 59.7 Å². The summed E-state index contributed by atoms with van der Waals surface area (Å²) in [4.78, 5) is 14.5. The second-order valence-electron chi connectivity index (χ2n) is 9.21. The minimum atomic E-state index is -0.280. The van der Waals surface area contributed by atoms with Crippen LogP contribution >= 0.6 is 0 Å². The van der Waals surface area contributed by atoms with Gasteiger partial charge in [-0.25, -0.2) is 4.79 Å². The van der Waals surface area contributed by atoms with Crippen molar-refractivity contribution < 1.29 is 9.53 Å². The lowest BCUT2D eigenvalue weighted by Crippen LogP contribution is -2.43. The van der Waals surface area contributed by atoms with Crippen molar-refractivity contribution in [3.8, 4) is 11.1 Å². The normalized spacial score (nSPS) is 27.3. The van der Waals surface area contributed by atoms with Crippen molar-refractivity contribution in [2.45, 2.75) is 50.5 Å². The fraction of sp³-hybridized carbons (Fsp3) is 0.500.